The van der Waals surface area contributed by atoms with Gasteiger partial charge in [-0.1, -0.05) is 78.9 Å². The molecular weight excluding hydrogens is 268 g/mol. The number of aryl methyl sites for hydroxylation is 2. The zero-order valence-corrected chi connectivity index (χ0v) is 13.0. The molecule has 0 saturated heterocycles. The first-order chi connectivity index (χ1) is 10.7. The Morgan fingerprint density at radius 3 is 1.32 bits per heavy atom. The van der Waals surface area contributed by atoms with Crippen LogP contribution in [-0.4, -0.2) is 6.29 Å². The predicted octanol–water partition coefficient (Wildman–Crippen LogP) is 5.47. The maximum absolute atomic E-state index is 10.4. The van der Waals surface area contributed by atoms with Gasteiger partial charge < -0.3 is 0 Å². The number of hydrogen-bond donors (Lipinski definition) is 0. The Morgan fingerprint density at radius 1 is 0.591 bits per heavy atom. The average Bonchev–Trinajstić information content (AvgIpc) is 2.57. The van der Waals surface area contributed by atoms with Crippen LogP contribution >= 0.6 is 0 Å². The van der Waals surface area contributed by atoms with Crippen molar-refractivity contribution in [2.75, 3.05) is 0 Å². The Hall–Kier alpha value is -2.67. The highest BCUT2D eigenvalue weighted by molar-refractivity contribution is 5.79. The summed E-state index contributed by atoms with van der Waals surface area (Å²) in [5, 5.41) is 0. The minimum atomic E-state index is 0.822. The smallest absolute Gasteiger partial charge is 0.150 e. The molecule has 0 saturated carbocycles. The quantitative estimate of drug-likeness (QED) is 0.571. The molecule has 0 atom stereocenters. The molecule has 0 spiro atoms. The molecule has 0 bridgehead atoms. The molecule has 1 heteroatoms. The van der Waals surface area contributed by atoms with Crippen molar-refractivity contribution in [1.82, 2.24) is 0 Å². The zero-order valence-electron chi connectivity index (χ0n) is 13.0. The van der Waals surface area contributed by atoms with E-state index in [0.29, 0.717) is 0 Å². The van der Waals surface area contributed by atoms with Crippen LogP contribution in [0, 0.1) is 13.8 Å². The maximum atomic E-state index is 10.4. The summed E-state index contributed by atoms with van der Waals surface area (Å²) in [7, 11) is 0. The van der Waals surface area contributed by atoms with E-state index in [9.17, 15) is 4.79 Å². The van der Waals surface area contributed by atoms with Gasteiger partial charge in [-0.3, -0.25) is 4.79 Å². The van der Waals surface area contributed by atoms with Crippen molar-refractivity contribution in [3.63, 3.8) is 0 Å². The molecule has 1 nitrogen and oxygen atoms in total. The van der Waals surface area contributed by atoms with Crippen LogP contribution in [0.25, 0.3) is 11.1 Å². The van der Waals surface area contributed by atoms with Crippen LogP contribution in [0.4, 0.5) is 0 Å². The zero-order chi connectivity index (χ0) is 15.8. The van der Waals surface area contributed by atoms with E-state index in [4.69, 9.17) is 0 Å². The molecule has 3 aromatic carbocycles. The molecule has 0 heterocycles. The molecule has 0 amide bonds. The lowest BCUT2D eigenvalue weighted by atomic mass is 10.1. The molecule has 3 rings (SSSR count). The summed E-state index contributed by atoms with van der Waals surface area (Å²) < 4.78 is 0. The minimum Gasteiger partial charge on any atom is -0.298 e. The molecular formula is C21H20O. The van der Waals surface area contributed by atoms with E-state index in [2.05, 4.69) is 48.5 Å². The minimum absolute atomic E-state index is 0.822. The highest BCUT2D eigenvalue weighted by atomic mass is 16.1. The van der Waals surface area contributed by atoms with Crippen LogP contribution in [0.2, 0.25) is 0 Å². The first-order valence-corrected chi connectivity index (χ1v) is 7.34. The molecule has 3 aromatic rings. The molecule has 0 aliphatic carbocycles. The van der Waals surface area contributed by atoms with Crippen LogP contribution < -0.4 is 0 Å². The number of benzene rings is 3. The first-order valence-electron chi connectivity index (χ1n) is 7.34. The largest absolute Gasteiger partial charge is 0.298 e. The van der Waals surface area contributed by atoms with Gasteiger partial charge in [0, 0.05) is 5.56 Å². The molecule has 0 aliphatic heterocycles. The molecule has 0 aromatic heterocycles. The summed E-state index contributed by atoms with van der Waals surface area (Å²) >= 11 is 0. The second kappa shape index (κ2) is 7.94. The standard InChI is InChI=1S/C12H10.C9H10O/c1-3-7-11(8-4-1)12-9-5-2-6-10-12;1-7-4-3-5-8(2)9(7)6-10/h1-10H;3-6H,1-2H3. The van der Waals surface area contributed by atoms with E-state index >= 15 is 0 Å². The average molecular weight is 288 g/mol. The van der Waals surface area contributed by atoms with Crippen molar-refractivity contribution in [2.24, 2.45) is 0 Å². The van der Waals surface area contributed by atoms with Gasteiger partial charge in [-0.25, -0.2) is 0 Å². The third-order valence-corrected chi connectivity index (χ3v) is 3.54. The van der Waals surface area contributed by atoms with Gasteiger partial charge in [0.2, 0.25) is 0 Å². The number of carbonyl (C=O) groups excluding carboxylic acids is 1. The number of hydrogen-bond acceptors (Lipinski definition) is 1. The summed E-state index contributed by atoms with van der Waals surface area (Å²) in [6, 6.07) is 26.6. The van der Waals surface area contributed by atoms with Crippen LogP contribution in [-0.2, 0) is 0 Å². The van der Waals surface area contributed by atoms with Gasteiger partial charge in [0.05, 0.1) is 0 Å². The fourth-order valence-electron chi connectivity index (χ4n) is 2.27. The Labute approximate surface area is 132 Å². The van der Waals surface area contributed by atoms with Crippen molar-refractivity contribution < 1.29 is 4.79 Å². The third kappa shape index (κ3) is 4.16. The molecule has 22 heavy (non-hydrogen) atoms. The van der Waals surface area contributed by atoms with Crippen LogP contribution in [0.1, 0.15) is 21.5 Å². The summed E-state index contributed by atoms with van der Waals surface area (Å²) in [6.45, 7) is 3.88. The van der Waals surface area contributed by atoms with Crippen molar-refractivity contribution in [3.05, 3.63) is 95.6 Å². The highest BCUT2D eigenvalue weighted by Gasteiger charge is 1.97. The van der Waals surface area contributed by atoms with Gasteiger partial charge in [-0.15, -0.1) is 0 Å². The van der Waals surface area contributed by atoms with E-state index in [1.54, 1.807) is 0 Å². The van der Waals surface area contributed by atoms with Gasteiger partial charge in [0.25, 0.3) is 0 Å². The van der Waals surface area contributed by atoms with Gasteiger partial charge in [0.15, 0.2) is 6.29 Å². The second-order valence-corrected chi connectivity index (χ2v) is 5.16. The number of rotatable bonds is 2. The second-order valence-electron chi connectivity index (χ2n) is 5.16. The van der Waals surface area contributed by atoms with Crippen LogP contribution in [0.5, 0.6) is 0 Å². The number of aldehydes is 1. The molecule has 110 valence electrons. The van der Waals surface area contributed by atoms with Crippen molar-refractivity contribution in [3.8, 4) is 11.1 Å². The predicted molar refractivity (Wildman–Crippen MR) is 93.2 cm³/mol. The fraction of sp³-hybridized carbons (Fsp3) is 0.0952. The van der Waals surface area contributed by atoms with E-state index in [-0.39, 0.29) is 0 Å². The van der Waals surface area contributed by atoms with E-state index in [1.807, 2.05) is 44.2 Å². The van der Waals surface area contributed by atoms with Gasteiger partial charge >= 0.3 is 0 Å². The van der Waals surface area contributed by atoms with Gasteiger partial charge in [-0.05, 0) is 36.1 Å². The van der Waals surface area contributed by atoms with Crippen molar-refractivity contribution >= 4 is 6.29 Å². The fourth-order valence-corrected chi connectivity index (χ4v) is 2.27. The Kier molecular flexibility index (Phi) is 5.67. The van der Waals surface area contributed by atoms with Crippen LogP contribution in [0.3, 0.4) is 0 Å². The molecule has 0 unspecified atom stereocenters. The lowest BCUT2D eigenvalue weighted by molar-refractivity contribution is 0.112. The van der Waals surface area contributed by atoms with Gasteiger partial charge in [0.1, 0.15) is 0 Å². The maximum Gasteiger partial charge on any atom is 0.150 e. The Balaban J connectivity index is 0.000000164. The monoisotopic (exact) mass is 288 g/mol. The lowest BCUT2D eigenvalue weighted by Gasteiger charge is -1.99. The molecule has 0 fully saturated rings. The van der Waals surface area contributed by atoms with Crippen LogP contribution in [0.15, 0.2) is 78.9 Å². The summed E-state index contributed by atoms with van der Waals surface area (Å²) in [4.78, 5) is 10.4. The highest BCUT2D eigenvalue weighted by Crippen LogP contribution is 2.17. The Bertz CT molecular complexity index is 658. The van der Waals surface area contributed by atoms with E-state index in [0.717, 1.165) is 23.0 Å². The first kappa shape index (κ1) is 15.7. The lowest BCUT2D eigenvalue weighted by Crippen LogP contribution is -1.89. The van der Waals surface area contributed by atoms with E-state index in [1.165, 1.54) is 11.1 Å². The molecule has 0 radical (unpaired) electrons. The SMILES string of the molecule is Cc1cccc(C)c1C=O.c1ccc(-c2ccccc2)cc1. The third-order valence-electron chi connectivity index (χ3n) is 3.54. The number of carbonyl (C=O) groups is 1. The van der Waals surface area contributed by atoms with E-state index < -0.39 is 0 Å². The normalized spacial score (nSPS) is 9.55. The topological polar surface area (TPSA) is 17.1 Å². The summed E-state index contributed by atoms with van der Waals surface area (Å²) in [5.41, 5.74) is 5.48. The molecule has 0 aliphatic rings. The van der Waals surface area contributed by atoms with Gasteiger partial charge in [-0.2, -0.15) is 0 Å². The van der Waals surface area contributed by atoms with Crippen molar-refractivity contribution in [2.45, 2.75) is 13.8 Å². The molecule has 0 N–H and O–H groups in total. The summed E-state index contributed by atoms with van der Waals surface area (Å²) in [5.74, 6) is 0. The summed E-state index contributed by atoms with van der Waals surface area (Å²) in [6.07, 6.45) is 0.907. The Morgan fingerprint density at radius 2 is 1.00 bits per heavy atom. The van der Waals surface area contributed by atoms with Crippen molar-refractivity contribution in [1.29, 1.82) is 0 Å².